The molecule has 1 heterocycles. The van der Waals surface area contributed by atoms with Gasteiger partial charge in [0.05, 0.1) is 11.4 Å². The summed E-state index contributed by atoms with van der Waals surface area (Å²) in [5.74, 6) is 1.29. The molecule has 0 aliphatic heterocycles. The van der Waals surface area contributed by atoms with Crippen LogP contribution in [0, 0.1) is 6.92 Å². The zero-order chi connectivity index (χ0) is 15.2. The molecule has 2 rings (SSSR count). The fourth-order valence-corrected chi connectivity index (χ4v) is 2.70. The molecule has 0 saturated heterocycles. The fourth-order valence-electron chi connectivity index (χ4n) is 2.06. The summed E-state index contributed by atoms with van der Waals surface area (Å²) in [6.07, 6.45) is 0. The standard InChI is InChI=1S/C17H21NO2S/c1-12(2)14-7-6-13(3)11-15(14)20-9-8-18-17(19)16-5-4-10-21-16/h4-7,10-12H,8-9H2,1-3H3,(H,18,19). The molecule has 0 bridgehead atoms. The quantitative estimate of drug-likeness (QED) is 0.819. The van der Waals surface area contributed by atoms with E-state index in [-0.39, 0.29) is 5.91 Å². The maximum Gasteiger partial charge on any atom is 0.261 e. The molecule has 0 fully saturated rings. The van der Waals surface area contributed by atoms with E-state index in [9.17, 15) is 4.79 Å². The summed E-state index contributed by atoms with van der Waals surface area (Å²) in [4.78, 5) is 12.5. The van der Waals surface area contributed by atoms with Crippen LogP contribution in [-0.2, 0) is 0 Å². The molecule has 2 aromatic rings. The zero-order valence-corrected chi connectivity index (χ0v) is 13.5. The first-order valence-electron chi connectivity index (χ1n) is 7.13. The predicted octanol–water partition coefficient (Wildman–Crippen LogP) is 3.99. The normalized spacial score (nSPS) is 10.7. The van der Waals surface area contributed by atoms with Crippen LogP contribution >= 0.6 is 11.3 Å². The van der Waals surface area contributed by atoms with E-state index < -0.39 is 0 Å². The van der Waals surface area contributed by atoms with Crippen LogP contribution in [0.2, 0.25) is 0 Å². The molecule has 21 heavy (non-hydrogen) atoms. The number of nitrogens with one attached hydrogen (secondary N) is 1. The molecular formula is C17H21NO2S. The third kappa shape index (κ3) is 4.33. The van der Waals surface area contributed by atoms with Crippen molar-refractivity contribution in [2.75, 3.05) is 13.2 Å². The summed E-state index contributed by atoms with van der Waals surface area (Å²) in [5.41, 5.74) is 2.38. The predicted molar refractivity (Wildman–Crippen MR) is 87.4 cm³/mol. The molecule has 0 spiro atoms. The van der Waals surface area contributed by atoms with Gasteiger partial charge in [-0.1, -0.05) is 32.0 Å². The molecule has 3 nitrogen and oxygen atoms in total. The van der Waals surface area contributed by atoms with Gasteiger partial charge in [-0.2, -0.15) is 0 Å². The van der Waals surface area contributed by atoms with Crippen molar-refractivity contribution in [3.8, 4) is 5.75 Å². The van der Waals surface area contributed by atoms with Crippen LogP contribution in [0.1, 0.15) is 40.6 Å². The Balaban J connectivity index is 1.86. The van der Waals surface area contributed by atoms with Crippen LogP contribution in [0.5, 0.6) is 5.75 Å². The number of carbonyl (C=O) groups is 1. The number of hydrogen-bond donors (Lipinski definition) is 1. The van der Waals surface area contributed by atoms with Gasteiger partial charge in [-0.25, -0.2) is 0 Å². The SMILES string of the molecule is Cc1ccc(C(C)C)c(OCCNC(=O)c2cccs2)c1. The maximum absolute atomic E-state index is 11.8. The third-order valence-corrected chi connectivity index (χ3v) is 4.05. The molecule has 0 aliphatic carbocycles. The molecule has 4 heteroatoms. The summed E-state index contributed by atoms with van der Waals surface area (Å²) in [5, 5.41) is 4.76. The first-order valence-corrected chi connectivity index (χ1v) is 8.01. The molecule has 112 valence electrons. The molecule has 1 aromatic heterocycles. The molecule has 0 unspecified atom stereocenters. The lowest BCUT2D eigenvalue weighted by Crippen LogP contribution is -2.27. The van der Waals surface area contributed by atoms with Gasteiger partial charge in [0, 0.05) is 0 Å². The van der Waals surface area contributed by atoms with Crippen LogP contribution in [0.15, 0.2) is 35.7 Å². The monoisotopic (exact) mass is 303 g/mol. The number of thiophene rings is 1. The van der Waals surface area contributed by atoms with Crippen molar-refractivity contribution in [1.82, 2.24) is 5.32 Å². The minimum Gasteiger partial charge on any atom is -0.491 e. The zero-order valence-electron chi connectivity index (χ0n) is 12.7. The Morgan fingerprint density at radius 3 is 2.81 bits per heavy atom. The molecule has 1 amide bonds. The molecular weight excluding hydrogens is 282 g/mol. The largest absolute Gasteiger partial charge is 0.491 e. The van der Waals surface area contributed by atoms with Gasteiger partial charge in [0.15, 0.2) is 0 Å². The third-order valence-electron chi connectivity index (χ3n) is 3.18. The Morgan fingerprint density at radius 2 is 2.14 bits per heavy atom. The average Bonchev–Trinajstić information content (AvgIpc) is 2.97. The van der Waals surface area contributed by atoms with Crippen molar-refractivity contribution in [1.29, 1.82) is 0 Å². The van der Waals surface area contributed by atoms with Gasteiger partial charge in [-0.05, 0) is 41.5 Å². The van der Waals surface area contributed by atoms with Crippen LogP contribution in [0.4, 0.5) is 0 Å². The second-order valence-corrected chi connectivity index (χ2v) is 6.23. The summed E-state index contributed by atoms with van der Waals surface area (Å²) in [6, 6.07) is 9.95. The van der Waals surface area contributed by atoms with Crippen LogP contribution < -0.4 is 10.1 Å². The van der Waals surface area contributed by atoms with E-state index >= 15 is 0 Å². The summed E-state index contributed by atoms with van der Waals surface area (Å²) in [7, 11) is 0. The van der Waals surface area contributed by atoms with Gasteiger partial charge in [0.1, 0.15) is 12.4 Å². The van der Waals surface area contributed by atoms with Crippen molar-refractivity contribution in [3.63, 3.8) is 0 Å². The van der Waals surface area contributed by atoms with Crippen molar-refractivity contribution in [3.05, 3.63) is 51.7 Å². The first kappa shape index (κ1) is 15.6. The Morgan fingerprint density at radius 1 is 1.33 bits per heavy atom. The second-order valence-electron chi connectivity index (χ2n) is 5.28. The minimum atomic E-state index is -0.0399. The number of benzene rings is 1. The maximum atomic E-state index is 11.8. The Kier molecular flexibility index (Phi) is 5.39. The van der Waals surface area contributed by atoms with E-state index in [2.05, 4.69) is 44.3 Å². The summed E-state index contributed by atoms with van der Waals surface area (Å²) in [6.45, 7) is 7.32. The Labute approximate surface area is 130 Å². The van der Waals surface area contributed by atoms with E-state index in [4.69, 9.17) is 4.74 Å². The fraction of sp³-hybridized carbons (Fsp3) is 0.353. The smallest absolute Gasteiger partial charge is 0.261 e. The molecule has 1 aromatic carbocycles. The molecule has 0 saturated carbocycles. The van der Waals surface area contributed by atoms with Crippen LogP contribution in [0.25, 0.3) is 0 Å². The van der Waals surface area contributed by atoms with E-state index in [0.29, 0.717) is 19.1 Å². The van der Waals surface area contributed by atoms with Crippen molar-refractivity contribution in [2.45, 2.75) is 26.7 Å². The van der Waals surface area contributed by atoms with Gasteiger partial charge in [0.25, 0.3) is 5.91 Å². The number of ether oxygens (including phenoxy) is 1. The molecule has 1 N–H and O–H groups in total. The highest BCUT2D eigenvalue weighted by atomic mass is 32.1. The Hall–Kier alpha value is -1.81. The lowest BCUT2D eigenvalue weighted by molar-refractivity contribution is 0.0951. The van der Waals surface area contributed by atoms with Gasteiger partial charge < -0.3 is 10.1 Å². The summed E-state index contributed by atoms with van der Waals surface area (Å²) < 4.78 is 5.84. The second kappa shape index (κ2) is 7.27. The molecule has 0 atom stereocenters. The van der Waals surface area contributed by atoms with E-state index in [1.807, 2.05) is 17.5 Å². The van der Waals surface area contributed by atoms with E-state index in [1.165, 1.54) is 22.5 Å². The van der Waals surface area contributed by atoms with Crippen molar-refractivity contribution in [2.24, 2.45) is 0 Å². The number of hydrogen-bond acceptors (Lipinski definition) is 3. The van der Waals surface area contributed by atoms with Gasteiger partial charge in [-0.15, -0.1) is 11.3 Å². The lowest BCUT2D eigenvalue weighted by atomic mass is 10.0. The minimum absolute atomic E-state index is 0.0399. The van der Waals surface area contributed by atoms with Crippen molar-refractivity contribution >= 4 is 17.2 Å². The van der Waals surface area contributed by atoms with E-state index in [0.717, 1.165) is 10.6 Å². The first-order chi connectivity index (χ1) is 10.1. The summed E-state index contributed by atoms with van der Waals surface area (Å²) >= 11 is 1.44. The van der Waals surface area contributed by atoms with Gasteiger partial charge in [0.2, 0.25) is 0 Å². The van der Waals surface area contributed by atoms with Gasteiger partial charge in [-0.3, -0.25) is 4.79 Å². The highest BCUT2D eigenvalue weighted by molar-refractivity contribution is 7.12. The highest BCUT2D eigenvalue weighted by Crippen LogP contribution is 2.27. The molecule has 0 radical (unpaired) electrons. The number of carbonyl (C=O) groups excluding carboxylic acids is 1. The number of rotatable bonds is 6. The lowest BCUT2D eigenvalue weighted by Gasteiger charge is -2.15. The Bertz CT molecular complexity index is 591. The van der Waals surface area contributed by atoms with E-state index in [1.54, 1.807) is 0 Å². The number of aryl methyl sites for hydroxylation is 1. The molecule has 0 aliphatic rings. The number of amides is 1. The van der Waals surface area contributed by atoms with Crippen LogP contribution in [-0.4, -0.2) is 19.1 Å². The highest BCUT2D eigenvalue weighted by Gasteiger charge is 2.09. The average molecular weight is 303 g/mol. The van der Waals surface area contributed by atoms with Gasteiger partial charge >= 0.3 is 0 Å². The van der Waals surface area contributed by atoms with Crippen molar-refractivity contribution < 1.29 is 9.53 Å². The topological polar surface area (TPSA) is 38.3 Å². The van der Waals surface area contributed by atoms with Crippen LogP contribution in [0.3, 0.4) is 0 Å².